The molecule has 0 saturated carbocycles. The Bertz CT molecular complexity index is 1270. The molecule has 2 N–H and O–H groups in total. The minimum atomic E-state index is -1.15. The van der Waals surface area contributed by atoms with Crippen LogP contribution in [0.2, 0.25) is 0 Å². The number of aliphatic hydroxyl groups excluding tert-OH is 1. The van der Waals surface area contributed by atoms with Gasteiger partial charge in [0, 0.05) is 12.0 Å². The fourth-order valence-electron chi connectivity index (χ4n) is 4.09. The molecule has 1 fully saturated rings. The Balaban J connectivity index is 1.53. The van der Waals surface area contributed by atoms with Gasteiger partial charge in [0.05, 0.1) is 37.6 Å². The molecule has 11 heteroatoms. The van der Waals surface area contributed by atoms with Crippen LogP contribution < -0.4 is 4.90 Å². The van der Waals surface area contributed by atoms with E-state index in [9.17, 15) is 19.0 Å². The number of nitrogens with zero attached hydrogens (tertiary/aromatic N) is 7. The van der Waals surface area contributed by atoms with Crippen molar-refractivity contribution < 1.29 is 19.0 Å². The van der Waals surface area contributed by atoms with E-state index in [2.05, 4.69) is 20.4 Å². The van der Waals surface area contributed by atoms with Gasteiger partial charge in [0.1, 0.15) is 34.9 Å². The van der Waals surface area contributed by atoms with Crippen LogP contribution in [-0.4, -0.2) is 58.6 Å². The second-order valence-corrected chi connectivity index (χ2v) is 7.98. The Kier molecular flexibility index (Phi) is 4.97. The highest BCUT2D eigenvalue weighted by molar-refractivity contribution is 5.60. The fourth-order valence-corrected chi connectivity index (χ4v) is 4.09. The summed E-state index contributed by atoms with van der Waals surface area (Å²) in [6, 6.07) is 6.57. The highest BCUT2D eigenvalue weighted by Gasteiger charge is 2.36. The number of alkyl halides is 1. The number of aliphatic hydroxyl groups is 1. The van der Waals surface area contributed by atoms with E-state index in [0.29, 0.717) is 35.0 Å². The Morgan fingerprint density at radius 1 is 1.25 bits per heavy atom. The van der Waals surface area contributed by atoms with E-state index in [-0.39, 0.29) is 18.7 Å². The molecule has 0 amide bonds. The number of phenols is 1. The van der Waals surface area contributed by atoms with Gasteiger partial charge in [-0.25, -0.2) is 23.0 Å². The van der Waals surface area contributed by atoms with Crippen molar-refractivity contribution in [1.29, 1.82) is 0 Å². The zero-order chi connectivity index (χ0) is 22.4. The number of phenolic OH excluding ortho intramolecular Hbond substituents is 1. The Hall–Kier alpha value is -3.60. The van der Waals surface area contributed by atoms with Gasteiger partial charge in [0.25, 0.3) is 0 Å². The maximum atomic E-state index is 14.4. The molecule has 166 valence electrons. The molecular weight excluding hydrogens is 420 g/mol. The van der Waals surface area contributed by atoms with Crippen molar-refractivity contribution in [2.45, 2.75) is 38.2 Å². The Labute approximate surface area is 181 Å². The van der Waals surface area contributed by atoms with Crippen LogP contribution in [0.1, 0.15) is 24.9 Å². The number of hydrogen-bond donors (Lipinski definition) is 2. The molecule has 1 aliphatic rings. The number of imidazole rings is 1. The second-order valence-electron chi connectivity index (χ2n) is 7.98. The molecule has 3 aromatic heterocycles. The second kappa shape index (κ2) is 7.83. The van der Waals surface area contributed by atoms with Crippen molar-refractivity contribution in [3.63, 3.8) is 0 Å². The first-order valence-corrected chi connectivity index (χ1v) is 10.2. The van der Waals surface area contributed by atoms with E-state index >= 15 is 0 Å². The van der Waals surface area contributed by atoms with Crippen LogP contribution in [0, 0.1) is 5.82 Å². The molecular formula is C21H21F2N7O2. The topological polar surface area (TPSA) is 105 Å². The first-order valence-electron chi connectivity index (χ1n) is 10.2. The normalized spacial score (nSPS) is 19.7. The van der Waals surface area contributed by atoms with Gasteiger partial charge in [-0.1, -0.05) is 5.21 Å². The highest BCUT2D eigenvalue weighted by atomic mass is 19.1. The monoisotopic (exact) mass is 441 g/mol. The SMILES string of the molecule is C[C@@H](O)Cn1cc(-c2cnc3ccc(N4C[C@@H](F)C[C@@H]4c4cc(F)ccc4O)nn23)nn1. The van der Waals surface area contributed by atoms with Gasteiger partial charge in [-0.3, -0.25) is 0 Å². The van der Waals surface area contributed by atoms with Crippen LogP contribution in [0.15, 0.2) is 42.7 Å². The van der Waals surface area contributed by atoms with E-state index in [1.807, 2.05) is 0 Å². The highest BCUT2D eigenvalue weighted by Crippen LogP contribution is 2.40. The molecule has 0 spiro atoms. The van der Waals surface area contributed by atoms with Gasteiger partial charge < -0.3 is 15.1 Å². The van der Waals surface area contributed by atoms with Crippen molar-refractivity contribution in [1.82, 2.24) is 29.6 Å². The number of benzene rings is 1. The maximum Gasteiger partial charge on any atom is 0.154 e. The lowest BCUT2D eigenvalue weighted by Crippen LogP contribution is -2.25. The molecule has 32 heavy (non-hydrogen) atoms. The fraction of sp³-hybridized carbons (Fsp3) is 0.333. The van der Waals surface area contributed by atoms with Gasteiger partial charge in [0.2, 0.25) is 0 Å². The quantitative estimate of drug-likeness (QED) is 0.490. The van der Waals surface area contributed by atoms with Crippen molar-refractivity contribution in [3.05, 3.63) is 54.1 Å². The van der Waals surface area contributed by atoms with Gasteiger partial charge in [-0.15, -0.1) is 10.2 Å². The van der Waals surface area contributed by atoms with E-state index < -0.39 is 24.1 Å². The molecule has 0 unspecified atom stereocenters. The minimum Gasteiger partial charge on any atom is -0.508 e. The zero-order valence-electron chi connectivity index (χ0n) is 17.2. The van der Waals surface area contributed by atoms with Crippen LogP contribution in [0.3, 0.4) is 0 Å². The van der Waals surface area contributed by atoms with Crippen molar-refractivity contribution in [2.75, 3.05) is 11.4 Å². The molecule has 4 heterocycles. The summed E-state index contributed by atoms with van der Waals surface area (Å²) in [5, 5.41) is 32.6. The lowest BCUT2D eigenvalue weighted by atomic mass is 10.0. The molecule has 0 bridgehead atoms. The summed E-state index contributed by atoms with van der Waals surface area (Å²) >= 11 is 0. The summed E-state index contributed by atoms with van der Waals surface area (Å²) in [5.41, 5.74) is 1.99. The van der Waals surface area contributed by atoms with Gasteiger partial charge in [-0.05, 0) is 37.3 Å². The third kappa shape index (κ3) is 3.64. The molecule has 1 aliphatic heterocycles. The standard InChI is InChI=1S/C21H21F2N7O2/c1-12(31)9-28-11-16(25-27-28)18-8-24-20-4-5-21(26-30(18)20)29-10-14(23)7-17(29)15-6-13(22)2-3-19(15)32/h2-6,8,11-12,14,17,31-32H,7,9-10H2,1H3/t12-,14+,17-/m1/s1. The van der Waals surface area contributed by atoms with Gasteiger partial charge in [0.15, 0.2) is 5.65 Å². The molecule has 5 rings (SSSR count). The number of fused-ring (bicyclic) bond motifs is 1. The van der Waals surface area contributed by atoms with Gasteiger partial charge >= 0.3 is 0 Å². The average molecular weight is 441 g/mol. The Morgan fingerprint density at radius 2 is 2.09 bits per heavy atom. The van der Waals surface area contributed by atoms with E-state index in [1.54, 1.807) is 40.9 Å². The summed E-state index contributed by atoms with van der Waals surface area (Å²) in [7, 11) is 0. The first-order chi connectivity index (χ1) is 15.4. The van der Waals surface area contributed by atoms with Crippen LogP contribution in [-0.2, 0) is 6.54 Å². The lowest BCUT2D eigenvalue weighted by molar-refractivity contribution is 0.167. The summed E-state index contributed by atoms with van der Waals surface area (Å²) in [5.74, 6) is -0.128. The molecule has 4 aromatic rings. The molecule has 3 atom stereocenters. The number of aromatic nitrogens is 6. The number of halogens is 2. The van der Waals surface area contributed by atoms with E-state index in [0.717, 1.165) is 6.07 Å². The average Bonchev–Trinajstić information content (AvgIpc) is 3.47. The van der Waals surface area contributed by atoms with Crippen molar-refractivity contribution in [2.24, 2.45) is 0 Å². The van der Waals surface area contributed by atoms with Crippen LogP contribution in [0.5, 0.6) is 5.75 Å². The minimum absolute atomic E-state index is 0.0632. The van der Waals surface area contributed by atoms with Crippen molar-refractivity contribution in [3.8, 4) is 17.1 Å². The van der Waals surface area contributed by atoms with Crippen LogP contribution in [0.4, 0.5) is 14.6 Å². The van der Waals surface area contributed by atoms with Crippen molar-refractivity contribution >= 4 is 11.5 Å². The van der Waals surface area contributed by atoms with Crippen LogP contribution >= 0.6 is 0 Å². The third-order valence-electron chi connectivity index (χ3n) is 5.49. The number of aromatic hydroxyl groups is 1. The predicted octanol–water partition coefficient (Wildman–Crippen LogP) is 2.50. The zero-order valence-corrected chi connectivity index (χ0v) is 17.2. The number of hydrogen-bond acceptors (Lipinski definition) is 7. The van der Waals surface area contributed by atoms with E-state index in [4.69, 9.17) is 0 Å². The predicted molar refractivity (Wildman–Crippen MR) is 111 cm³/mol. The summed E-state index contributed by atoms with van der Waals surface area (Å²) in [6.07, 6.45) is 1.69. The molecule has 1 saturated heterocycles. The number of anilines is 1. The smallest absolute Gasteiger partial charge is 0.154 e. The number of rotatable bonds is 5. The summed E-state index contributed by atoms with van der Waals surface area (Å²) in [6.45, 7) is 2.02. The largest absolute Gasteiger partial charge is 0.508 e. The lowest BCUT2D eigenvalue weighted by Gasteiger charge is -2.26. The maximum absolute atomic E-state index is 14.4. The van der Waals surface area contributed by atoms with Crippen LogP contribution in [0.25, 0.3) is 17.0 Å². The van der Waals surface area contributed by atoms with E-state index in [1.165, 1.54) is 16.8 Å². The molecule has 0 aliphatic carbocycles. The van der Waals surface area contributed by atoms with Gasteiger partial charge in [-0.2, -0.15) is 0 Å². The molecule has 1 aromatic carbocycles. The summed E-state index contributed by atoms with van der Waals surface area (Å²) in [4.78, 5) is 6.06. The first kappa shape index (κ1) is 20.3. The molecule has 0 radical (unpaired) electrons. The molecule has 9 nitrogen and oxygen atoms in total. The third-order valence-corrected chi connectivity index (χ3v) is 5.49. The summed E-state index contributed by atoms with van der Waals surface area (Å²) < 4.78 is 31.4. The Morgan fingerprint density at radius 3 is 2.91 bits per heavy atom.